The number of nitrogens with zero attached hydrogens (tertiary/aromatic N) is 1. The number of hydrogen-bond donors (Lipinski definition) is 2. The number of nitrogens with one attached hydrogen (secondary N) is 2. The van der Waals surface area contributed by atoms with Gasteiger partial charge in [-0.25, -0.2) is 4.99 Å². The molecule has 0 unspecified atom stereocenters. The summed E-state index contributed by atoms with van der Waals surface area (Å²) in [5.74, 6) is 1.81. The Balaban J connectivity index is 2.23. The first-order valence-electron chi connectivity index (χ1n) is 9.06. The van der Waals surface area contributed by atoms with E-state index >= 15 is 0 Å². The average Bonchev–Trinajstić information content (AvgIpc) is 2.96. The van der Waals surface area contributed by atoms with Crippen LogP contribution in [0.2, 0.25) is 0 Å². The molecule has 138 valence electrons. The van der Waals surface area contributed by atoms with E-state index in [0.717, 1.165) is 34.8 Å². The third-order valence-electron chi connectivity index (χ3n) is 4.23. The zero-order valence-corrected chi connectivity index (χ0v) is 16.2. The van der Waals surface area contributed by atoms with Crippen LogP contribution in [-0.2, 0) is 0 Å². The number of rotatable bonds is 8. The maximum atomic E-state index is 5.94. The van der Waals surface area contributed by atoms with E-state index in [2.05, 4.69) is 51.5 Å². The van der Waals surface area contributed by atoms with Crippen LogP contribution in [0.15, 0.2) is 83.6 Å². The van der Waals surface area contributed by atoms with Crippen LogP contribution >= 0.6 is 0 Å². The number of hydrogen-bond acceptors (Lipinski definition) is 4. The van der Waals surface area contributed by atoms with Gasteiger partial charge in [-0.2, -0.15) is 0 Å². The van der Waals surface area contributed by atoms with Gasteiger partial charge in [-0.15, -0.1) is 0 Å². The third kappa shape index (κ3) is 5.12. The summed E-state index contributed by atoms with van der Waals surface area (Å²) < 4.78 is 5.94. The van der Waals surface area contributed by atoms with Gasteiger partial charge < -0.3 is 15.4 Å². The van der Waals surface area contributed by atoms with E-state index in [1.54, 1.807) is 0 Å². The summed E-state index contributed by atoms with van der Waals surface area (Å²) >= 11 is 0. The van der Waals surface area contributed by atoms with Gasteiger partial charge >= 0.3 is 0 Å². The second-order valence-electron chi connectivity index (χ2n) is 6.66. The largest absolute Gasteiger partial charge is 0.439 e. The molecule has 0 aromatic heterocycles. The minimum absolute atomic E-state index is 0.310. The van der Waals surface area contributed by atoms with Gasteiger partial charge in [-0.1, -0.05) is 52.1 Å². The molecule has 2 N–H and O–H groups in total. The lowest BCUT2D eigenvalue weighted by Crippen LogP contribution is -2.31. The highest BCUT2D eigenvalue weighted by atomic mass is 16.5. The van der Waals surface area contributed by atoms with Crippen LogP contribution < -0.4 is 15.4 Å². The zero-order chi connectivity index (χ0) is 19.1. The second-order valence-corrected chi connectivity index (χ2v) is 6.66. The Hall–Kier alpha value is -2.75. The van der Waals surface area contributed by atoms with Crippen LogP contribution in [0, 0.1) is 5.92 Å². The maximum absolute atomic E-state index is 5.94. The highest BCUT2D eigenvalue weighted by molar-refractivity contribution is 6.16. The molecule has 26 heavy (non-hydrogen) atoms. The molecule has 0 saturated heterocycles. The number of benzene rings is 1. The van der Waals surface area contributed by atoms with Gasteiger partial charge in [0.1, 0.15) is 11.5 Å². The lowest BCUT2D eigenvalue weighted by atomic mass is 10.0. The van der Waals surface area contributed by atoms with Gasteiger partial charge in [0, 0.05) is 23.5 Å². The van der Waals surface area contributed by atoms with Crippen LogP contribution in [0.25, 0.3) is 0 Å². The predicted molar refractivity (Wildman–Crippen MR) is 110 cm³/mol. The normalized spacial score (nSPS) is 17.1. The Morgan fingerprint density at radius 2 is 1.96 bits per heavy atom. The molecule has 1 heterocycles. The Kier molecular flexibility index (Phi) is 6.84. The highest BCUT2D eigenvalue weighted by Crippen LogP contribution is 2.22. The van der Waals surface area contributed by atoms with E-state index in [0.29, 0.717) is 17.8 Å². The molecule has 1 aromatic rings. The van der Waals surface area contributed by atoms with Crippen molar-refractivity contribution in [2.75, 3.05) is 0 Å². The molecule has 0 saturated carbocycles. The summed E-state index contributed by atoms with van der Waals surface area (Å²) in [6.45, 7) is 16.8. The SMILES string of the molecule is C=C(N[C@@H](C)C(C)C)C1=CNC(=C)C1=N/C(=C\CC)Oc1ccccc1. The van der Waals surface area contributed by atoms with Gasteiger partial charge in [0.25, 0.3) is 0 Å². The maximum Gasteiger partial charge on any atom is 0.215 e. The topological polar surface area (TPSA) is 45.7 Å². The summed E-state index contributed by atoms with van der Waals surface area (Å²) in [5.41, 5.74) is 3.21. The molecule has 0 spiro atoms. The van der Waals surface area contributed by atoms with Crippen molar-refractivity contribution in [1.82, 2.24) is 10.6 Å². The van der Waals surface area contributed by atoms with Gasteiger partial charge in [-0.3, -0.25) is 0 Å². The van der Waals surface area contributed by atoms with E-state index in [-0.39, 0.29) is 0 Å². The second kappa shape index (κ2) is 9.09. The summed E-state index contributed by atoms with van der Waals surface area (Å²) in [6, 6.07) is 9.96. The van der Waals surface area contributed by atoms with Crippen LogP contribution in [-0.4, -0.2) is 11.8 Å². The van der Waals surface area contributed by atoms with Crippen LogP contribution in [0.4, 0.5) is 0 Å². The van der Waals surface area contributed by atoms with Crippen molar-refractivity contribution in [1.29, 1.82) is 0 Å². The first kappa shape index (κ1) is 19.6. The third-order valence-corrected chi connectivity index (χ3v) is 4.23. The summed E-state index contributed by atoms with van der Waals surface area (Å²) in [5, 5.41) is 6.59. The Morgan fingerprint density at radius 3 is 2.58 bits per heavy atom. The first-order chi connectivity index (χ1) is 12.4. The minimum Gasteiger partial charge on any atom is -0.439 e. The van der Waals surface area contributed by atoms with E-state index in [4.69, 9.17) is 9.73 Å². The van der Waals surface area contributed by atoms with Crippen molar-refractivity contribution in [2.45, 2.75) is 40.2 Å². The monoisotopic (exact) mass is 351 g/mol. The molecular formula is C22H29N3O. The molecule has 1 aliphatic heterocycles. The minimum atomic E-state index is 0.310. The molecule has 0 fully saturated rings. The van der Waals surface area contributed by atoms with Gasteiger partial charge in [-0.05, 0) is 37.5 Å². The Morgan fingerprint density at radius 1 is 1.27 bits per heavy atom. The molecule has 0 aliphatic carbocycles. The Labute approximate surface area is 157 Å². The van der Waals surface area contributed by atoms with E-state index in [9.17, 15) is 0 Å². The lowest BCUT2D eigenvalue weighted by Gasteiger charge is -2.21. The van der Waals surface area contributed by atoms with E-state index in [1.807, 2.05) is 42.6 Å². The predicted octanol–water partition coefficient (Wildman–Crippen LogP) is 4.91. The summed E-state index contributed by atoms with van der Waals surface area (Å²) in [4.78, 5) is 4.72. The van der Waals surface area contributed by atoms with Crippen LogP contribution in [0.3, 0.4) is 0 Å². The molecule has 0 radical (unpaired) electrons. The molecule has 1 aromatic carbocycles. The van der Waals surface area contributed by atoms with Gasteiger partial charge in [0.15, 0.2) is 0 Å². The fraction of sp³-hybridized carbons (Fsp3) is 0.318. The van der Waals surface area contributed by atoms with Crippen LogP contribution in [0.1, 0.15) is 34.1 Å². The Bertz CT molecular complexity index is 742. The number of aliphatic imine (C=N–C) groups is 1. The van der Waals surface area contributed by atoms with Crippen molar-refractivity contribution in [2.24, 2.45) is 10.9 Å². The summed E-state index contributed by atoms with van der Waals surface area (Å²) in [7, 11) is 0. The lowest BCUT2D eigenvalue weighted by molar-refractivity contribution is 0.418. The smallest absolute Gasteiger partial charge is 0.215 e. The fourth-order valence-electron chi connectivity index (χ4n) is 2.34. The standard InChI is InChI=1S/C22H29N3O/c1-7-11-21(26-19-12-9-8-10-13-19)25-22-18(6)23-14-20(22)17(5)24-16(4)15(2)3/h8-16,23-24H,5-7H2,1-4H3/b21-11+,25-22?/t16-/m0/s1. The van der Waals surface area contributed by atoms with Gasteiger partial charge in [0.2, 0.25) is 5.88 Å². The number of para-hydroxylation sites is 1. The van der Waals surface area contributed by atoms with Crippen molar-refractivity contribution < 1.29 is 4.74 Å². The van der Waals surface area contributed by atoms with Crippen molar-refractivity contribution in [3.05, 3.63) is 78.6 Å². The number of ether oxygens (including phenoxy) is 1. The zero-order valence-electron chi connectivity index (χ0n) is 16.2. The van der Waals surface area contributed by atoms with E-state index < -0.39 is 0 Å². The van der Waals surface area contributed by atoms with Crippen molar-refractivity contribution in [3.8, 4) is 5.75 Å². The summed E-state index contributed by atoms with van der Waals surface area (Å²) in [6.07, 6.45) is 4.66. The van der Waals surface area contributed by atoms with Crippen molar-refractivity contribution in [3.63, 3.8) is 0 Å². The van der Waals surface area contributed by atoms with Crippen LogP contribution in [0.5, 0.6) is 5.75 Å². The molecule has 0 amide bonds. The molecule has 1 aliphatic rings. The van der Waals surface area contributed by atoms with Crippen molar-refractivity contribution >= 4 is 5.71 Å². The highest BCUT2D eigenvalue weighted by Gasteiger charge is 2.22. The van der Waals surface area contributed by atoms with Gasteiger partial charge in [0.05, 0.1) is 5.70 Å². The molecule has 4 nitrogen and oxygen atoms in total. The average molecular weight is 351 g/mol. The molecule has 2 rings (SSSR count). The number of allylic oxidation sites excluding steroid dienone is 3. The fourth-order valence-corrected chi connectivity index (χ4v) is 2.34. The first-order valence-corrected chi connectivity index (χ1v) is 9.06. The quantitative estimate of drug-likeness (QED) is 0.654. The molecule has 0 bridgehead atoms. The molecular weight excluding hydrogens is 322 g/mol. The molecule has 1 atom stereocenters. The molecule has 4 heteroatoms. The van der Waals surface area contributed by atoms with E-state index in [1.165, 1.54) is 0 Å².